The predicted octanol–water partition coefficient (Wildman–Crippen LogP) is 3.59. The molecule has 186 valence electrons. The van der Waals surface area contributed by atoms with Crippen LogP contribution >= 0.6 is 0 Å². The summed E-state index contributed by atoms with van der Waals surface area (Å²) >= 11 is 0. The molecule has 0 saturated carbocycles. The zero-order valence-electron chi connectivity index (χ0n) is 19.6. The van der Waals surface area contributed by atoms with Crippen LogP contribution in [0.1, 0.15) is 37.2 Å². The number of hydrogen-bond acceptors (Lipinski definition) is 4. The fraction of sp³-hybridized carbons (Fsp3) is 0.583. The molecule has 0 aliphatic carbocycles. The number of ether oxygens (including phenoxy) is 1. The summed E-state index contributed by atoms with van der Waals surface area (Å²) in [5, 5.41) is 9.79. The van der Waals surface area contributed by atoms with Gasteiger partial charge in [0.2, 0.25) is 0 Å². The smallest absolute Gasteiger partial charge is 0.407 e. The Morgan fingerprint density at radius 1 is 1.03 bits per heavy atom. The highest BCUT2D eigenvalue weighted by Crippen LogP contribution is 2.28. The van der Waals surface area contributed by atoms with Crippen LogP contribution in [-0.2, 0) is 6.54 Å². The van der Waals surface area contributed by atoms with Gasteiger partial charge in [0.15, 0.2) is 0 Å². The molecule has 2 saturated heterocycles. The molecular weight excluding hydrogens is 446 g/mol. The maximum Gasteiger partial charge on any atom is 0.407 e. The molecule has 1 N–H and O–H groups in total. The number of aromatic nitrogens is 1. The number of piperidine rings is 1. The van der Waals surface area contributed by atoms with Crippen LogP contribution in [0.2, 0.25) is 0 Å². The van der Waals surface area contributed by atoms with Gasteiger partial charge in [-0.1, -0.05) is 0 Å². The molecule has 34 heavy (non-hydrogen) atoms. The average molecular weight is 479 g/mol. The van der Waals surface area contributed by atoms with E-state index in [0.29, 0.717) is 22.7 Å². The lowest BCUT2D eigenvalue weighted by Crippen LogP contribution is -2.50. The lowest BCUT2D eigenvalue weighted by Gasteiger charge is -2.34. The quantitative estimate of drug-likeness (QED) is 0.687. The van der Waals surface area contributed by atoms with Gasteiger partial charge in [-0.05, 0) is 51.0 Å². The summed E-state index contributed by atoms with van der Waals surface area (Å²) in [4.78, 5) is 29.5. The second-order valence-electron chi connectivity index (χ2n) is 9.26. The Bertz CT molecular complexity index is 1030. The van der Waals surface area contributed by atoms with Crippen LogP contribution in [0.25, 0.3) is 10.9 Å². The molecule has 2 aliphatic heterocycles. The van der Waals surface area contributed by atoms with Crippen LogP contribution in [0, 0.1) is 0 Å². The molecule has 4 rings (SSSR count). The molecule has 10 heteroatoms. The molecule has 0 atom stereocenters. The number of alkyl halides is 2. The SMILES string of the molecule is CC(C)N1CCC(Oc2ccc3c(c2)cc(C(=O)N2CCN(C(=O)O)CC2)n3CC(F)F)CC1. The first-order valence-electron chi connectivity index (χ1n) is 11.8. The highest BCUT2D eigenvalue weighted by atomic mass is 19.3. The summed E-state index contributed by atoms with van der Waals surface area (Å²) in [5.74, 6) is 0.296. The number of carboxylic acid groups (broad SMARTS) is 1. The Morgan fingerprint density at radius 2 is 1.68 bits per heavy atom. The second kappa shape index (κ2) is 10.2. The van der Waals surface area contributed by atoms with E-state index in [1.165, 1.54) is 14.4 Å². The molecule has 8 nitrogen and oxygen atoms in total. The van der Waals surface area contributed by atoms with Crippen LogP contribution in [0.4, 0.5) is 13.6 Å². The summed E-state index contributed by atoms with van der Waals surface area (Å²) in [5.41, 5.74) is 0.733. The van der Waals surface area contributed by atoms with Crippen LogP contribution in [0.3, 0.4) is 0 Å². The van der Waals surface area contributed by atoms with Gasteiger partial charge in [0.1, 0.15) is 17.5 Å². The van der Waals surface area contributed by atoms with Crippen molar-refractivity contribution < 1.29 is 28.2 Å². The van der Waals surface area contributed by atoms with Crippen molar-refractivity contribution in [2.45, 2.75) is 51.8 Å². The fourth-order valence-electron chi connectivity index (χ4n) is 4.80. The van der Waals surface area contributed by atoms with Gasteiger partial charge in [-0.15, -0.1) is 0 Å². The number of piperazine rings is 1. The molecule has 2 amide bonds. The largest absolute Gasteiger partial charge is 0.490 e. The number of halogens is 2. The van der Waals surface area contributed by atoms with Crippen LogP contribution in [0.15, 0.2) is 24.3 Å². The van der Waals surface area contributed by atoms with E-state index in [2.05, 4.69) is 18.7 Å². The molecule has 3 heterocycles. The van der Waals surface area contributed by atoms with Crippen LogP contribution < -0.4 is 4.74 Å². The summed E-state index contributed by atoms with van der Waals surface area (Å²) in [6.07, 6.45) is -1.69. The molecule has 2 fully saturated rings. The zero-order chi connectivity index (χ0) is 24.4. The van der Waals surface area contributed by atoms with Crippen molar-refractivity contribution in [2.24, 2.45) is 0 Å². The average Bonchev–Trinajstić information content (AvgIpc) is 3.16. The van der Waals surface area contributed by atoms with Gasteiger partial charge in [0, 0.05) is 56.2 Å². The number of benzene rings is 1. The Morgan fingerprint density at radius 3 is 2.26 bits per heavy atom. The molecule has 1 aromatic carbocycles. The molecule has 0 spiro atoms. The number of carbonyl (C=O) groups is 2. The Hall–Kier alpha value is -2.88. The topological polar surface area (TPSA) is 78.2 Å². The molecule has 0 radical (unpaired) electrons. The van der Waals surface area contributed by atoms with Crippen molar-refractivity contribution >= 4 is 22.9 Å². The maximum atomic E-state index is 13.4. The maximum absolute atomic E-state index is 13.4. The van der Waals surface area contributed by atoms with E-state index in [4.69, 9.17) is 9.84 Å². The number of carbonyl (C=O) groups excluding carboxylic acids is 1. The summed E-state index contributed by atoms with van der Waals surface area (Å²) in [6, 6.07) is 7.47. The van der Waals surface area contributed by atoms with Gasteiger partial charge in [-0.2, -0.15) is 0 Å². The third kappa shape index (κ3) is 5.27. The van der Waals surface area contributed by atoms with E-state index < -0.39 is 19.1 Å². The van der Waals surface area contributed by atoms with E-state index in [9.17, 15) is 18.4 Å². The van der Waals surface area contributed by atoms with Crippen LogP contribution in [0.5, 0.6) is 5.75 Å². The number of nitrogens with zero attached hydrogens (tertiary/aromatic N) is 4. The molecule has 2 aromatic rings. The van der Waals surface area contributed by atoms with Gasteiger partial charge in [0.25, 0.3) is 12.3 Å². The second-order valence-corrected chi connectivity index (χ2v) is 9.26. The highest BCUT2D eigenvalue weighted by Gasteiger charge is 2.28. The first-order chi connectivity index (χ1) is 16.2. The van der Waals surface area contributed by atoms with Gasteiger partial charge in [-0.3, -0.25) is 4.79 Å². The minimum atomic E-state index is -2.62. The first-order valence-corrected chi connectivity index (χ1v) is 11.8. The van der Waals surface area contributed by atoms with Gasteiger partial charge in [0.05, 0.1) is 6.54 Å². The Kier molecular flexibility index (Phi) is 7.25. The lowest BCUT2D eigenvalue weighted by atomic mass is 10.1. The molecule has 1 aromatic heterocycles. The van der Waals surface area contributed by atoms with Crippen molar-refractivity contribution in [3.63, 3.8) is 0 Å². The van der Waals surface area contributed by atoms with E-state index in [0.717, 1.165) is 25.9 Å². The summed E-state index contributed by atoms with van der Waals surface area (Å²) < 4.78 is 34.3. The van der Waals surface area contributed by atoms with Gasteiger partial charge >= 0.3 is 6.09 Å². The van der Waals surface area contributed by atoms with Crippen molar-refractivity contribution in [1.29, 1.82) is 0 Å². The molecule has 2 aliphatic rings. The fourth-order valence-corrected chi connectivity index (χ4v) is 4.80. The number of rotatable bonds is 6. The number of likely N-dealkylation sites (tertiary alicyclic amines) is 1. The predicted molar refractivity (Wildman–Crippen MR) is 124 cm³/mol. The van der Waals surface area contributed by atoms with Crippen molar-refractivity contribution in [3.8, 4) is 5.75 Å². The minimum absolute atomic E-state index is 0.0993. The van der Waals surface area contributed by atoms with Crippen molar-refractivity contribution in [3.05, 3.63) is 30.0 Å². The number of fused-ring (bicyclic) bond motifs is 1. The monoisotopic (exact) mass is 478 g/mol. The van der Waals surface area contributed by atoms with Gasteiger partial charge < -0.3 is 29.1 Å². The Balaban J connectivity index is 1.53. The zero-order valence-corrected chi connectivity index (χ0v) is 19.6. The van der Waals surface area contributed by atoms with E-state index >= 15 is 0 Å². The van der Waals surface area contributed by atoms with E-state index in [1.54, 1.807) is 18.2 Å². The summed E-state index contributed by atoms with van der Waals surface area (Å²) in [6.45, 7) is 6.58. The first kappa shape index (κ1) is 24.3. The van der Waals surface area contributed by atoms with Crippen molar-refractivity contribution in [1.82, 2.24) is 19.3 Å². The van der Waals surface area contributed by atoms with Crippen molar-refractivity contribution in [2.75, 3.05) is 39.3 Å². The van der Waals surface area contributed by atoms with E-state index in [1.807, 2.05) is 6.07 Å². The third-order valence-corrected chi connectivity index (χ3v) is 6.76. The number of hydrogen-bond donors (Lipinski definition) is 1. The van der Waals surface area contributed by atoms with Gasteiger partial charge in [-0.25, -0.2) is 13.6 Å². The third-order valence-electron chi connectivity index (χ3n) is 6.76. The standard InChI is InChI=1S/C24H32F2N4O4/c1-16(2)27-7-5-18(6-8-27)34-19-3-4-20-17(13-19)14-21(30(20)15-22(25)26)23(31)28-9-11-29(12-10-28)24(32)33/h3-4,13-14,16,18,22H,5-12,15H2,1-2H3,(H,32,33). The minimum Gasteiger partial charge on any atom is -0.490 e. The van der Waals surface area contributed by atoms with Crippen LogP contribution in [-0.4, -0.2) is 94.2 Å². The summed E-state index contributed by atoms with van der Waals surface area (Å²) in [7, 11) is 0. The normalized spacial score (nSPS) is 18.3. The lowest BCUT2D eigenvalue weighted by molar-refractivity contribution is 0.0608. The highest BCUT2D eigenvalue weighted by molar-refractivity contribution is 5.99. The molecule has 0 bridgehead atoms. The number of amides is 2. The Labute approximate surface area is 197 Å². The molecule has 0 unspecified atom stereocenters. The van der Waals surface area contributed by atoms with E-state index in [-0.39, 0.29) is 43.9 Å². The molecular formula is C24H32F2N4O4.